The van der Waals surface area contributed by atoms with Crippen molar-refractivity contribution in [3.05, 3.63) is 65.7 Å². The summed E-state index contributed by atoms with van der Waals surface area (Å²) >= 11 is 0. The number of imide groups is 1. The normalized spacial score (nSPS) is 29.4. The van der Waals surface area contributed by atoms with Gasteiger partial charge in [0, 0.05) is 5.56 Å². The van der Waals surface area contributed by atoms with Gasteiger partial charge in [-0.15, -0.1) is 0 Å². The highest BCUT2D eigenvalue weighted by molar-refractivity contribution is 7.55. The number of ether oxygens (including phenoxy) is 1. The van der Waals surface area contributed by atoms with Gasteiger partial charge < -0.3 is 13.8 Å². The number of para-hydroxylation sites is 1. The molecule has 2 saturated heterocycles. The molecule has 2 aromatic carbocycles. The van der Waals surface area contributed by atoms with Gasteiger partial charge in [-0.25, -0.2) is 4.90 Å². The smallest absolute Gasteiger partial charge is 0.348 e. The quantitative estimate of drug-likeness (QED) is 0.512. The van der Waals surface area contributed by atoms with E-state index >= 15 is 0 Å². The molecule has 0 aliphatic carbocycles. The van der Waals surface area contributed by atoms with E-state index in [1.807, 2.05) is 18.2 Å². The highest BCUT2D eigenvalue weighted by atomic mass is 31.2. The van der Waals surface area contributed by atoms with Gasteiger partial charge >= 0.3 is 7.60 Å². The van der Waals surface area contributed by atoms with Gasteiger partial charge in [0.15, 0.2) is 0 Å². The fraction of sp³-hybridized carbons (Fsp3) is 0.364. The summed E-state index contributed by atoms with van der Waals surface area (Å²) in [5.41, 5.74) is 1.86. The summed E-state index contributed by atoms with van der Waals surface area (Å²) in [5, 5.41) is -1.64. The monoisotopic (exact) mass is 427 g/mol. The molecule has 0 saturated carbocycles. The minimum Gasteiger partial charge on any atom is -0.348 e. The van der Waals surface area contributed by atoms with Crippen LogP contribution in [-0.2, 0) is 33.3 Å². The molecule has 4 atom stereocenters. The van der Waals surface area contributed by atoms with Crippen LogP contribution in [0.15, 0.2) is 54.6 Å². The van der Waals surface area contributed by atoms with Gasteiger partial charge in [-0.3, -0.25) is 14.2 Å². The van der Waals surface area contributed by atoms with Gasteiger partial charge in [0.05, 0.1) is 36.8 Å². The molecule has 3 heterocycles. The minimum atomic E-state index is -3.96. The predicted molar refractivity (Wildman–Crippen MR) is 109 cm³/mol. The first-order chi connectivity index (χ1) is 14.5. The first kappa shape index (κ1) is 19.6. The molecule has 0 spiro atoms. The van der Waals surface area contributed by atoms with Crippen molar-refractivity contribution in [1.29, 1.82) is 0 Å². The molecule has 7 nitrogen and oxygen atoms in total. The van der Waals surface area contributed by atoms with E-state index in [9.17, 15) is 14.2 Å². The number of benzene rings is 2. The van der Waals surface area contributed by atoms with Crippen LogP contribution in [0, 0.1) is 11.8 Å². The zero-order valence-corrected chi connectivity index (χ0v) is 17.6. The maximum absolute atomic E-state index is 14.1. The Labute approximate surface area is 174 Å². The Hall–Kier alpha value is -2.31. The molecular weight excluding hydrogens is 405 g/mol. The second kappa shape index (κ2) is 6.86. The number of carbonyl (C=O) groups is 2. The first-order valence-electron chi connectivity index (χ1n) is 10.1. The topological polar surface area (TPSA) is 82.1 Å². The molecular formula is C22H22NO6P. The summed E-state index contributed by atoms with van der Waals surface area (Å²) < 4.78 is 31.8. The molecule has 156 valence electrons. The lowest BCUT2D eigenvalue weighted by molar-refractivity contribution is -0.127. The molecule has 2 bridgehead atoms. The van der Waals surface area contributed by atoms with Crippen molar-refractivity contribution in [1.82, 2.24) is 0 Å². The van der Waals surface area contributed by atoms with Gasteiger partial charge in [0.2, 0.25) is 17.2 Å². The molecule has 0 aromatic heterocycles. The van der Waals surface area contributed by atoms with Gasteiger partial charge in [-0.1, -0.05) is 42.5 Å². The van der Waals surface area contributed by atoms with Crippen LogP contribution in [0.5, 0.6) is 0 Å². The van der Waals surface area contributed by atoms with Crippen LogP contribution in [0.4, 0.5) is 5.69 Å². The third-order valence-corrected chi connectivity index (χ3v) is 8.71. The van der Waals surface area contributed by atoms with Crippen molar-refractivity contribution in [2.24, 2.45) is 11.8 Å². The van der Waals surface area contributed by atoms with E-state index in [1.165, 1.54) is 4.90 Å². The second-order valence-corrected chi connectivity index (χ2v) is 9.68. The number of amides is 2. The molecule has 3 aliphatic rings. The number of anilines is 1. The highest BCUT2D eigenvalue weighted by Gasteiger charge is 2.78. The number of hydrogen-bond donors (Lipinski definition) is 0. The van der Waals surface area contributed by atoms with E-state index in [-0.39, 0.29) is 19.1 Å². The average Bonchev–Trinajstić information content (AvgIpc) is 3.37. The van der Waals surface area contributed by atoms with E-state index in [1.54, 1.807) is 50.2 Å². The molecule has 2 fully saturated rings. The zero-order chi connectivity index (χ0) is 21.1. The first-order valence-corrected chi connectivity index (χ1v) is 11.6. The summed E-state index contributed by atoms with van der Waals surface area (Å²) in [5.74, 6) is -2.54. The van der Waals surface area contributed by atoms with Gasteiger partial charge in [0.1, 0.15) is 0 Å². The number of fused-ring (bicyclic) bond motifs is 8. The molecule has 2 amide bonds. The highest BCUT2D eigenvalue weighted by Crippen LogP contribution is 2.79. The fourth-order valence-corrected chi connectivity index (χ4v) is 7.58. The molecule has 0 N–H and O–H groups in total. The Balaban J connectivity index is 1.73. The van der Waals surface area contributed by atoms with Crippen molar-refractivity contribution < 1.29 is 27.9 Å². The Morgan fingerprint density at radius 3 is 2.27 bits per heavy atom. The summed E-state index contributed by atoms with van der Waals surface area (Å²) in [7, 11) is -3.96. The van der Waals surface area contributed by atoms with E-state index in [0.717, 1.165) is 5.56 Å². The average molecular weight is 427 g/mol. The Morgan fingerprint density at radius 1 is 0.967 bits per heavy atom. The van der Waals surface area contributed by atoms with Crippen LogP contribution >= 0.6 is 7.60 Å². The fourth-order valence-electron chi connectivity index (χ4n) is 5.09. The van der Waals surface area contributed by atoms with Crippen LogP contribution in [0.25, 0.3) is 0 Å². The number of carbonyl (C=O) groups excluding carboxylic acids is 2. The zero-order valence-electron chi connectivity index (χ0n) is 16.7. The summed E-state index contributed by atoms with van der Waals surface area (Å²) in [6.45, 7) is 3.67. The maximum Gasteiger partial charge on any atom is 0.367 e. The SMILES string of the molecule is CCOP(=O)(OCC)[C@@]12O[C@@H](c3ccccc31)C1C(=O)N(c3ccccc3)C(=O)C12. The maximum atomic E-state index is 14.1. The largest absolute Gasteiger partial charge is 0.367 e. The van der Waals surface area contributed by atoms with E-state index in [4.69, 9.17) is 13.8 Å². The number of nitrogens with zero attached hydrogens (tertiary/aromatic N) is 1. The number of rotatable bonds is 6. The van der Waals surface area contributed by atoms with Gasteiger partial charge in [-0.2, -0.15) is 0 Å². The lowest BCUT2D eigenvalue weighted by Crippen LogP contribution is -2.41. The second-order valence-electron chi connectivity index (χ2n) is 7.51. The lowest BCUT2D eigenvalue weighted by Gasteiger charge is -2.37. The molecule has 3 aliphatic heterocycles. The van der Waals surface area contributed by atoms with Gasteiger partial charge in [-0.05, 0) is 31.5 Å². The summed E-state index contributed by atoms with van der Waals surface area (Å²) in [6.07, 6.45) is -0.675. The molecule has 0 radical (unpaired) electrons. The molecule has 5 rings (SSSR count). The summed E-state index contributed by atoms with van der Waals surface area (Å²) in [4.78, 5) is 28.3. The van der Waals surface area contributed by atoms with Crippen LogP contribution in [0.2, 0.25) is 0 Å². The lowest BCUT2D eigenvalue weighted by atomic mass is 9.77. The third kappa shape index (κ3) is 2.29. The molecule has 8 heteroatoms. The standard InChI is InChI=1S/C22H22NO6P/c1-3-27-30(26,28-4-2)22-16-13-9-8-12-15(16)19(29-22)17-18(22)21(25)23(20(17)24)14-10-6-5-7-11-14/h5-13,17-19H,3-4H2,1-2H3/t17?,18?,19-,22-/m0/s1. The predicted octanol–water partition coefficient (Wildman–Crippen LogP) is 4.00. The van der Waals surface area contributed by atoms with Crippen molar-refractivity contribution in [3.8, 4) is 0 Å². The number of hydrogen-bond acceptors (Lipinski definition) is 6. The molecule has 2 aromatic rings. The van der Waals surface area contributed by atoms with Crippen molar-refractivity contribution in [3.63, 3.8) is 0 Å². The Morgan fingerprint density at radius 2 is 1.60 bits per heavy atom. The minimum absolute atomic E-state index is 0.122. The van der Waals surface area contributed by atoms with Gasteiger partial charge in [0.25, 0.3) is 0 Å². The van der Waals surface area contributed by atoms with Crippen molar-refractivity contribution >= 4 is 25.1 Å². The van der Waals surface area contributed by atoms with E-state index in [0.29, 0.717) is 11.3 Å². The molecule has 2 unspecified atom stereocenters. The van der Waals surface area contributed by atoms with E-state index in [2.05, 4.69) is 0 Å². The third-order valence-electron chi connectivity index (χ3n) is 6.08. The van der Waals surface area contributed by atoms with Crippen LogP contribution in [0.3, 0.4) is 0 Å². The van der Waals surface area contributed by atoms with E-state index < -0.39 is 36.8 Å². The van der Waals surface area contributed by atoms with Crippen LogP contribution < -0.4 is 4.90 Å². The van der Waals surface area contributed by atoms with Crippen LogP contribution in [-0.4, -0.2) is 25.0 Å². The van der Waals surface area contributed by atoms with Crippen molar-refractivity contribution in [2.75, 3.05) is 18.1 Å². The Bertz CT molecular complexity index is 1060. The Kier molecular flexibility index (Phi) is 4.49. The van der Waals surface area contributed by atoms with Crippen molar-refractivity contribution in [2.45, 2.75) is 25.3 Å². The van der Waals surface area contributed by atoms with Crippen LogP contribution in [0.1, 0.15) is 31.1 Å². The summed E-state index contributed by atoms with van der Waals surface area (Å²) in [6, 6.07) is 16.1. The molecule has 30 heavy (non-hydrogen) atoms.